The van der Waals surface area contributed by atoms with Gasteiger partial charge in [-0.15, -0.1) is 0 Å². The maximum atomic E-state index is 10.0. The molecule has 18 heavy (non-hydrogen) atoms. The number of aromatic nitrogens is 2. The third kappa shape index (κ3) is 1.46. The van der Waals surface area contributed by atoms with Crippen molar-refractivity contribution in [2.45, 2.75) is 6.92 Å². The first-order valence-corrected chi connectivity index (χ1v) is 5.61. The van der Waals surface area contributed by atoms with Gasteiger partial charge in [0.25, 0.3) is 0 Å². The average Bonchev–Trinajstić information content (AvgIpc) is 2.38. The molecule has 0 saturated carbocycles. The quantitative estimate of drug-likeness (QED) is 0.664. The molecule has 90 valence electrons. The molecule has 0 aliphatic rings. The summed E-state index contributed by atoms with van der Waals surface area (Å²) in [6.45, 7) is 2.01. The Kier molecular flexibility index (Phi) is 2.30. The first-order chi connectivity index (χ1) is 8.70. The smallest absolute Gasteiger partial charge is 0.223 e. The largest absolute Gasteiger partial charge is 0.506 e. The lowest BCUT2D eigenvalue weighted by Crippen LogP contribution is -1.92. The van der Waals surface area contributed by atoms with Crippen LogP contribution >= 0.6 is 0 Å². The summed E-state index contributed by atoms with van der Waals surface area (Å²) >= 11 is 0. The predicted octanol–water partition coefficient (Wildman–Crippen LogP) is 2.81. The summed E-state index contributed by atoms with van der Waals surface area (Å²) in [6, 6.07) is 5.91. The highest BCUT2D eigenvalue weighted by molar-refractivity contribution is 6.10. The lowest BCUT2D eigenvalue weighted by Gasteiger charge is -2.09. The summed E-state index contributed by atoms with van der Waals surface area (Å²) in [5.41, 5.74) is 1.92. The number of aryl methyl sites for hydroxylation is 1. The molecule has 0 aliphatic carbocycles. The van der Waals surface area contributed by atoms with Gasteiger partial charge in [-0.3, -0.25) is 4.98 Å². The first-order valence-electron chi connectivity index (χ1n) is 5.61. The van der Waals surface area contributed by atoms with Crippen molar-refractivity contribution in [3.05, 3.63) is 36.2 Å². The molecule has 0 aliphatic heterocycles. The van der Waals surface area contributed by atoms with Crippen LogP contribution in [-0.4, -0.2) is 22.2 Å². The van der Waals surface area contributed by atoms with Crippen LogP contribution in [0.5, 0.6) is 11.6 Å². The van der Waals surface area contributed by atoms with Crippen LogP contribution in [0.4, 0.5) is 0 Å². The number of hydrogen-bond acceptors (Lipinski definition) is 4. The van der Waals surface area contributed by atoms with Crippen LogP contribution in [0.15, 0.2) is 30.6 Å². The van der Waals surface area contributed by atoms with E-state index < -0.39 is 0 Å². The molecule has 3 aromatic rings. The van der Waals surface area contributed by atoms with E-state index in [0.29, 0.717) is 5.88 Å². The lowest BCUT2D eigenvalue weighted by molar-refractivity contribution is 0.404. The Balaban J connectivity index is 2.60. The second-order valence-corrected chi connectivity index (χ2v) is 4.22. The second-order valence-electron chi connectivity index (χ2n) is 4.22. The highest BCUT2D eigenvalue weighted by atomic mass is 16.5. The van der Waals surface area contributed by atoms with E-state index in [4.69, 9.17) is 4.74 Å². The van der Waals surface area contributed by atoms with Gasteiger partial charge in [0.2, 0.25) is 5.88 Å². The monoisotopic (exact) mass is 240 g/mol. The third-order valence-corrected chi connectivity index (χ3v) is 2.99. The minimum Gasteiger partial charge on any atom is -0.506 e. The maximum absolute atomic E-state index is 10.0. The fourth-order valence-corrected chi connectivity index (χ4v) is 2.17. The van der Waals surface area contributed by atoms with E-state index in [1.807, 2.05) is 25.1 Å². The summed E-state index contributed by atoms with van der Waals surface area (Å²) in [6.07, 6.45) is 3.09. The zero-order valence-corrected chi connectivity index (χ0v) is 10.1. The summed E-state index contributed by atoms with van der Waals surface area (Å²) in [5, 5.41) is 12.4. The van der Waals surface area contributed by atoms with Crippen LogP contribution in [0.1, 0.15) is 5.56 Å². The Hall–Kier alpha value is -2.36. The number of aromatic hydroxyl groups is 1. The molecule has 0 radical (unpaired) electrons. The van der Waals surface area contributed by atoms with Crippen molar-refractivity contribution in [3.63, 3.8) is 0 Å². The normalized spacial score (nSPS) is 11.0. The van der Waals surface area contributed by atoms with Crippen molar-refractivity contribution < 1.29 is 9.84 Å². The van der Waals surface area contributed by atoms with Gasteiger partial charge in [-0.2, -0.15) is 0 Å². The fraction of sp³-hybridized carbons (Fsp3) is 0.143. The topological polar surface area (TPSA) is 55.2 Å². The van der Waals surface area contributed by atoms with Crippen LogP contribution in [0.2, 0.25) is 0 Å². The van der Waals surface area contributed by atoms with Crippen molar-refractivity contribution in [2.24, 2.45) is 0 Å². The number of benzene rings is 1. The molecule has 2 aromatic heterocycles. The van der Waals surface area contributed by atoms with Crippen LogP contribution in [0.25, 0.3) is 21.7 Å². The van der Waals surface area contributed by atoms with Gasteiger partial charge in [0, 0.05) is 17.0 Å². The molecular weight excluding hydrogens is 228 g/mol. The van der Waals surface area contributed by atoms with Gasteiger partial charge in [0.05, 0.1) is 24.2 Å². The minimum atomic E-state index is 0.142. The minimum absolute atomic E-state index is 0.142. The van der Waals surface area contributed by atoms with E-state index >= 15 is 0 Å². The van der Waals surface area contributed by atoms with Crippen LogP contribution in [0, 0.1) is 6.92 Å². The van der Waals surface area contributed by atoms with Gasteiger partial charge >= 0.3 is 0 Å². The zero-order chi connectivity index (χ0) is 12.7. The standard InChI is InChI=1S/C14H12N2O2/c1-8-3-4-11-9(5-8)13-10(14(16-11)18-2)6-15-7-12(13)17/h3-7,17H,1-2H3. The van der Waals surface area contributed by atoms with E-state index in [-0.39, 0.29) is 5.75 Å². The number of pyridine rings is 2. The molecule has 0 bridgehead atoms. The maximum Gasteiger partial charge on any atom is 0.223 e. The molecule has 0 saturated heterocycles. The van der Waals surface area contributed by atoms with E-state index in [0.717, 1.165) is 27.2 Å². The van der Waals surface area contributed by atoms with Gasteiger partial charge in [-0.1, -0.05) is 11.6 Å². The number of ether oxygens (including phenoxy) is 1. The summed E-state index contributed by atoms with van der Waals surface area (Å²) in [5.74, 6) is 0.619. The van der Waals surface area contributed by atoms with Crippen LogP contribution < -0.4 is 4.74 Å². The predicted molar refractivity (Wildman–Crippen MR) is 70.0 cm³/mol. The Morgan fingerprint density at radius 3 is 2.78 bits per heavy atom. The van der Waals surface area contributed by atoms with Crippen molar-refractivity contribution in [1.82, 2.24) is 9.97 Å². The Labute approximate surface area is 104 Å². The number of fused-ring (bicyclic) bond motifs is 3. The fourth-order valence-electron chi connectivity index (χ4n) is 2.17. The first kappa shape index (κ1) is 10.8. The molecule has 2 heterocycles. The summed E-state index contributed by atoms with van der Waals surface area (Å²) in [4.78, 5) is 8.41. The van der Waals surface area contributed by atoms with Gasteiger partial charge in [-0.25, -0.2) is 4.98 Å². The summed E-state index contributed by atoms with van der Waals surface area (Å²) < 4.78 is 5.26. The van der Waals surface area contributed by atoms with Gasteiger partial charge in [0.15, 0.2) is 0 Å². The number of methoxy groups -OCH3 is 1. The second kappa shape index (κ2) is 3.84. The SMILES string of the molecule is COc1nc2ccc(C)cc2c2c(O)cncc12. The van der Waals surface area contributed by atoms with Gasteiger partial charge in [0.1, 0.15) is 5.75 Å². The van der Waals surface area contributed by atoms with Gasteiger partial charge in [-0.05, 0) is 19.1 Å². The average molecular weight is 240 g/mol. The third-order valence-electron chi connectivity index (χ3n) is 2.99. The Bertz CT molecular complexity index is 753. The van der Waals surface area contributed by atoms with Crippen LogP contribution in [0.3, 0.4) is 0 Å². The zero-order valence-electron chi connectivity index (χ0n) is 10.1. The lowest BCUT2D eigenvalue weighted by atomic mass is 10.1. The van der Waals surface area contributed by atoms with Crippen LogP contribution in [-0.2, 0) is 0 Å². The van der Waals surface area contributed by atoms with E-state index in [9.17, 15) is 5.11 Å². The van der Waals surface area contributed by atoms with Crippen molar-refractivity contribution in [2.75, 3.05) is 7.11 Å². The molecule has 1 aromatic carbocycles. The molecule has 4 nitrogen and oxygen atoms in total. The summed E-state index contributed by atoms with van der Waals surface area (Å²) in [7, 11) is 1.56. The van der Waals surface area contributed by atoms with E-state index in [1.165, 1.54) is 6.20 Å². The van der Waals surface area contributed by atoms with E-state index in [1.54, 1.807) is 13.3 Å². The molecule has 0 spiro atoms. The number of rotatable bonds is 1. The molecule has 0 amide bonds. The number of nitrogens with zero attached hydrogens (tertiary/aromatic N) is 2. The highest BCUT2D eigenvalue weighted by Gasteiger charge is 2.12. The van der Waals surface area contributed by atoms with Crippen molar-refractivity contribution in [1.29, 1.82) is 0 Å². The molecular formula is C14H12N2O2. The van der Waals surface area contributed by atoms with Gasteiger partial charge < -0.3 is 9.84 Å². The number of hydrogen-bond donors (Lipinski definition) is 1. The molecule has 0 unspecified atom stereocenters. The molecule has 4 heteroatoms. The Morgan fingerprint density at radius 1 is 1.17 bits per heavy atom. The van der Waals surface area contributed by atoms with E-state index in [2.05, 4.69) is 9.97 Å². The Morgan fingerprint density at radius 2 is 2.00 bits per heavy atom. The molecule has 0 atom stereocenters. The molecule has 0 fully saturated rings. The van der Waals surface area contributed by atoms with Crippen molar-refractivity contribution in [3.8, 4) is 11.6 Å². The van der Waals surface area contributed by atoms with Crippen molar-refractivity contribution >= 4 is 21.7 Å². The highest BCUT2D eigenvalue weighted by Crippen LogP contribution is 2.35. The molecule has 1 N–H and O–H groups in total. The molecule has 3 rings (SSSR count).